The molecule has 0 aliphatic carbocycles. The van der Waals surface area contributed by atoms with Gasteiger partial charge >= 0.3 is 0 Å². The lowest BCUT2D eigenvalue weighted by Gasteiger charge is -1.95. The number of Topliss-reactive ketones (excluding diaryl/α,β-unsaturated/α-hetero) is 1. The van der Waals surface area contributed by atoms with Gasteiger partial charge in [-0.1, -0.05) is 51.4 Å². The SMILES string of the molecule is CC.CC(=O)Cc1ccc(Cl)cc1.CNC(C)C. The Hall–Kier alpha value is -0.860. The Balaban J connectivity index is 0. The molecule has 0 heterocycles. The van der Waals surface area contributed by atoms with E-state index in [1.54, 1.807) is 19.1 Å². The first-order valence-corrected chi connectivity index (χ1v) is 6.74. The lowest BCUT2D eigenvalue weighted by molar-refractivity contribution is -0.116. The molecule has 0 bridgehead atoms. The average Bonchev–Trinajstić information content (AvgIpc) is 2.35. The number of halogens is 1. The summed E-state index contributed by atoms with van der Waals surface area (Å²) in [6.45, 7) is 9.80. The van der Waals surface area contributed by atoms with Crippen LogP contribution in [-0.4, -0.2) is 18.9 Å². The van der Waals surface area contributed by atoms with Gasteiger partial charge in [0.05, 0.1) is 0 Å². The Bertz CT molecular complexity index is 307. The monoisotopic (exact) mass is 271 g/mol. The zero-order valence-corrected chi connectivity index (χ0v) is 13.1. The molecule has 0 saturated carbocycles. The van der Waals surface area contributed by atoms with Gasteiger partial charge in [0.1, 0.15) is 5.78 Å². The Kier molecular flexibility index (Phi) is 13.6. The van der Waals surface area contributed by atoms with E-state index >= 15 is 0 Å². The fourth-order valence-corrected chi connectivity index (χ4v) is 1.02. The molecule has 1 aromatic rings. The number of hydrogen-bond acceptors (Lipinski definition) is 2. The van der Waals surface area contributed by atoms with Gasteiger partial charge in [0, 0.05) is 17.5 Å². The summed E-state index contributed by atoms with van der Waals surface area (Å²) < 4.78 is 0. The second-order valence-corrected chi connectivity index (χ2v) is 4.39. The number of ketones is 1. The van der Waals surface area contributed by atoms with E-state index in [1.807, 2.05) is 33.0 Å². The Morgan fingerprint density at radius 3 is 1.89 bits per heavy atom. The van der Waals surface area contributed by atoms with Crippen molar-refractivity contribution >= 4 is 17.4 Å². The van der Waals surface area contributed by atoms with Crippen LogP contribution < -0.4 is 5.32 Å². The van der Waals surface area contributed by atoms with Crippen LogP contribution in [0, 0.1) is 0 Å². The van der Waals surface area contributed by atoms with E-state index in [9.17, 15) is 4.79 Å². The minimum Gasteiger partial charge on any atom is -0.318 e. The largest absolute Gasteiger partial charge is 0.318 e. The number of carbonyl (C=O) groups excluding carboxylic acids is 1. The van der Waals surface area contributed by atoms with Crippen molar-refractivity contribution in [2.75, 3.05) is 7.05 Å². The number of hydrogen-bond donors (Lipinski definition) is 1. The zero-order valence-electron chi connectivity index (χ0n) is 12.4. The van der Waals surface area contributed by atoms with Crippen LogP contribution in [0.25, 0.3) is 0 Å². The molecule has 0 amide bonds. The average molecular weight is 272 g/mol. The first-order chi connectivity index (χ1) is 8.45. The first-order valence-electron chi connectivity index (χ1n) is 6.36. The number of rotatable bonds is 3. The summed E-state index contributed by atoms with van der Waals surface area (Å²) in [6, 6.07) is 7.95. The Morgan fingerprint density at radius 2 is 1.61 bits per heavy atom. The van der Waals surface area contributed by atoms with Crippen LogP contribution in [0.3, 0.4) is 0 Å². The lowest BCUT2D eigenvalue weighted by Crippen LogP contribution is -2.15. The number of nitrogens with one attached hydrogen (secondary N) is 1. The third-order valence-electron chi connectivity index (χ3n) is 1.94. The van der Waals surface area contributed by atoms with Crippen LogP contribution >= 0.6 is 11.6 Å². The molecule has 0 aliphatic heterocycles. The summed E-state index contributed by atoms with van der Waals surface area (Å²) >= 11 is 5.66. The smallest absolute Gasteiger partial charge is 0.134 e. The third-order valence-corrected chi connectivity index (χ3v) is 2.20. The highest BCUT2D eigenvalue weighted by molar-refractivity contribution is 6.30. The van der Waals surface area contributed by atoms with Gasteiger partial charge in [0.2, 0.25) is 0 Å². The molecule has 0 unspecified atom stereocenters. The minimum absolute atomic E-state index is 0.173. The van der Waals surface area contributed by atoms with Gasteiger partial charge in [-0.2, -0.15) is 0 Å². The van der Waals surface area contributed by atoms with Crippen molar-refractivity contribution in [1.29, 1.82) is 0 Å². The number of benzene rings is 1. The molecule has 0 fully saturated rings. The Labute approximate surface area is 117 Å². The fourth-order valence-electron chi connectivity index (χ4n) is 0.890. The molecule has 0 radical (unpaired) electrons. The molecule has 2 nitrogen and oxygen atoms in total. The van der Waals surface area contributed by atoms with Crippen molar-refractivity contribution in [3.63, 3.8) is 0 Å². The van der Waals surface area contributed by atoms with Crippen molar-refractivity contribution in [2.45, 2.75) is 47.1 Å². The maximum atomic E-state index is 10.7. The molecule has 104 valence electrons. The standard InChI is InChI=1S/C9H9ClO.C4H11N.C2H6/c1-7(11)6-8-2-4-9(10)5-3-8;1-4(2)5-3;1-2/h2-5H,6H2,1H3;4-5H,1-3H3;1-2H3. The third kappa shape index (κ3) is 13.2. The Morgan fingerprint density at radius 1 is 1.22 bits per heavy atom. The van der Waals surface area contributed by atoms with Crippen LogP contribution in [0.1, 0.15) is 40.2 Å². The number of carbonyl (C=O) groups is 1. The molecule has 0 saturated heterocycles. The van der Waals surface area contributed by atoms with Crippen molar-refractivity contribution in [3.05, 3.63) is 34.9 Å². The molecular weight excluding hydrogens is 246 g/mol. The van der Waals surface area contributed by atoms with E-state index in [1.165, 1.54) is 0 Å². The predicted octanol–water partition coefficient (Wildman–Crippen LogP) is 4.11. The molecule has 0 aromatic heterocycles. The van der Waals surface area contributed by atoms with Crippen LogP contribution in [0.2, 0.25) is 5.02 Å². The van der Waals surface area contributed by atoms with Crippen LogP contribution in [0.15, 0.2) is 24.3 Å². The van der Waals surface area contributed by atoms with Gasteiger partial charge in [-0.3, -0.25) is 4.79 Å². The molecule has 1 aromatic carbocycles. The van der Waals surface area contributed by atoms with Gasteiger partial charge in [0.25, 0.3) is 0 Å². The highest BCUT2D eigenvalue weighted by atomic mass is 35.5. The first kappa shape index (κ1) is 19.5. The van der Waals surface area contributed by atoms with E-state index in [-0.39, 0.29) is 5.78 Å². The summed E-state index contributed by atoms with van der Waals surface area (Å²) in [6.07, 6.45) is 0.497. The van der Waals surface area contributed by atoms with E-state index in [2.05, 4.69) is 19.2 Å². The molecule has 0 atom stereocenters. The van der Waals surface area contributed by atoms with Crippen molar-refractivity contribution in [3.8, 4) is 0 Å². The summed E-state index contributed by atoms with van der Waals surface area (Å²) in [5.41, 5.74) is 1.02. The van der Waals surface area contributed by atoms with Crippen LogP contribution in [0.5, 0.6) is 0 Å². The molecule has 3 heteroatoms. The zero-order chi connectivity index (χ0) is 14.6. The highest BCUT2D eigenvalue weighted by Gasteiger charge is 1.95. The maximum Gasteiger partial charge on any atom is 0.134 e. The van der Waals surface area contributed by atoms with Gasteiger partial charge in [0.15, 0.2) is 0 Å². The lowest BCUT2D eigenvalue weighted by atomic mass is 10.1. The topological polar surface area (TPSA) is 29.1 Å². The summed E-state index contributed by atoms with van der Waals surface area (Å²) in [5.74, 6) is 0.173. The van der Waals surface area contributed by atoms with E-state index < -0.39 is 0 Å². The molecule has 0 aliphatic rings. The molecule has 1 rings (SSSR count). The second-order valence-electron chi connectivity index (χ2n) is 3.95. The summed E-state index contributed by atoms with van der Waals surface area (Å²) in [5, 5.41) is 3.73. The second kappa shape index (κ2) is 12.6. The molecule has 18 heavy (non-hydrogen) atoms. The van der Waals surface area contributed by atoms with Gasteiger partial charge in [-0.25, -0.2) is 0 Å². The van der Waals surface area contributed by atoms with Gasteiger partial charge < -0.3 is 5.32 Å². The van der Waals surface area contributed by atoms with E-state index in [4.69, 9.17) is 11.6 Å². The van der Waals surface area contributed by atoms with Crippen molar-refractivity contribution < 1.29 is 4.79 Å². The summed E-state index contributed by atoms with van der Waals surface area (Å²) in [4.78, 5) is 10.7. The molecule has 0 spiro atoms. The van der Waals surface area contributed by atoms with E-state index in [0.717, 1.165) is 5.56 Å². The summed E-state index contributed by atoms with van der Waals surface area (Å²) in [7, 11) is 1.95. The maximum absolute atomic E-state index is 10.7. The van der Waals surface area contributed by atoms with Crippen molar-refractivity contribution in [1.82, 2.24) is 5.32 Å². The predicted molar refractivity (Wildman–Crippen MR) is 81.4 cm³/mol. The minimum atomic E-state index is 0.173. The van der Waals surface area contributed by atoms with Gasteiger partial charge in [-0.05, 0) is 31.7 Å². The van der Waals surface area contributed by atoms with Crippen molar-refractivity contribution in [2.24, 2.45) is 0 Å². The quantitative estimate of drug-likeness (QED) is 0.896. The molecule has 1 N–H and O–H groups in total. The fraction of sp³-hybridized carbons (Fsp3) is 0.533. The van der Waals surface area contributed by atoms with Gasteiger partial charge in [-0.15, -0.1) is 0 Å². The van der Waals surface area contributed by atoms with E-state index in [0.29, 0.717) is 17.5 Å². The molecular formula is C15H26ClNO. The van der Waals surface area contributed by atoms with Crippen LogP contribution in [-0.2, 0) is 11.2 Å². The van der Waals surface area contributed by atoms with Crippen LogP contribution in [0.4, 0.5) is 0 Å². The highest BCUT2D eigenvalue weighted by Crippen LogP contribution is 2.09. The normalized spacial score (nSPS) is 8.89.